The summed E-state index contributed by atoms with van der Waals surface area (Å²) in [4.78, 5) is 26.8. The number of carbonyl (C=O) groups excluding carboxylic acids is 1. The second-order valence-electron chi connectivity index (χ2n) is 5.92. The lowest BCUT2D eigenvalue weighted by atomic mass is 10.0. The average molecular weight is 413 g/mol. The van der Waals surface area contributed by atoms with Gasteiger partial charge in [0.2, 0.25) is 0 Å². The molecule has 1 aromatic heterocycles. The van der Waals surface area contributed by atoms with E-state index in [-0.39, 0.29) is 6.54 Å². The number of halogens is 2. The first-order valence-electron chi connectivity index (χ1n) is 8.19. The summed E-state index contributed by atoms with van der Waals surface area (Å²) < 4.78 is 0. The Morgan fingerprint density at radius 3 is 2.85 bits per heavy atom. The fraction of sp³-hybridized carbons (Fsp3) is 0.353. The van der Waals surface area contributed by atoms with Crippen LogP contribution in [0.1, 0.15) is 22.9 Å². The molecular formula is C17H18Cl2N4O2S. The number of nitrogens with one attached hydrogen (secondary N) is 2. The van der Waals surface area contributed by atoms with Crippen molar-refractivity contribution >= 4 is 51.3 Å². The Balaban J connectivity index is 1.79. The van der Waals surface area contributed by atoms with Crippen LogP contribution in [0, 0.1) is 4.91 Å². The minimum atomic E-state index is -0.424. The van der Waals surface area contributed by atoms with Gasteiger partial charge in [-0.2, -0.15) is 4.91 Å². The number of hydrogen-bond acceptors (Lipinski definition) is 5. The number of rotatable bonds is 5. The maximum absolute atomic E-state index is 12.4. The monoisotopic (exact) mass is 412 g/mol. The highest BCUT2D eigenvalue weighted by molar-refractivity contribution is 7.16. The van der Waals surface area contributed by atoms with E-state index in [1.165, 1.54) is 16.2 Å². The van der Waals surface area contributed by atoms with Crippen LogP contribution in [0.2, 0.25) is 10.0 Å². The van der Waals surface area contributed by atoms with Crippen LogP contribution in [-0.4, -0.2) is 24.0 Å². The maximum atomic E-state index is 12.4. The Bertz CT molecular complexity index is 840. The zero-order valence-electron chi connectivity index (χ0n) is 14.1. The molecule has 2 aromatic rings. The Morgan fingerprint density at radius 2 is 2.15 bits per heavy atom. The number of nitroso groups, excluding NO2 is 1. The van der Waals surface area contributed by atoms with Gasteiger partial charge in [-0.05, 0) is 36.7 Å². The van der Waals surface area contributed by atoms with Crippen molar-refractivity contribution in [3.63, 3.8) is 0 Å². The first-order valence-corrected chi connectivity index (χ1v) is 9.77. The van der Waals surface area contributed by atoms with Gasteiger partial charge in [-0.15, -0.1) is 11.3 Å². The standard InChI is InChI=1S/C17H18Cl2N4O2S/c1-2-23-6-5-11-12(8-20-25)16(26-15(11)9-23)22-17(24)21-14-4-3-10(18)7-13(14)19/h3-4,7H,2,5-6,8-9H2,1H3,(H2,21,22,24). The zero-order valence-corrected chi connectivity index (χ0v) is 16.5. The molecule has 0 bridgehead atoms. The van der Waals surface area contributed by atoms with E-state index in [0.717, 1.165) is 37.2 Å². The molecule has 138 valence electrons. The van der Waals surface area contributed by atoms with Gasteiger partial charge in [0, 0.05) is 28.6 Å². The van der Waals surface area contributed by atoms with E-state index in [9.17, 15) is 9.70 Å². The lowest BCUT2D eigenvalue weighted by Gasteiger charge is -2.25. The molecule has 0 spiro atoms. The van der Waals surface area contributed by atoms with Gasteiger partial charge in [-0.1, -0.05) is 35.3 Å². The lowest BCUT2D eigenvalue weighted by Crippen LogP contribution is -2.29. The first-order chi connectivity index (χ1) is 12.5. The molecule has 0 unspecified atom stereocenters. The van der Waals surface area contributed by atoms with Crippen molar-refractivity contribution in [3.8, 4) is 0 Å². The van der Waals surface area contributed by atoms with Gasteiger partial charge in [0.05, 0.1) is 10.7 Å². The summed E-state index contributed by atoms with van der Waals surface area (Å²) in [5, 5.41) is 10.1. The SMILES string of the molecule is CCN1CCc2c(sc(NC(=O)Nc3ccc(Cl)cc3Cl)c2CN=O)C1. The smallest absolute Gasteiger partial charge is 0.306 e. The summed E-state index contributed by atoms with van der Waals surface area (Å²) in [5.74, 6) is 0. The fourth-order valence-corrected chi connectivity index (χ4v) is 4.72. The second-order valence-corrected chi connectivity index (χ2v) is 7.87. The zero-order chi connectivity index (χ0) is 18.7. The number of likely N-dealkylation sites (N-methyl/N-ethyl adjacent to an activating group) is 1. The minimum Gasteiger partial charge on any atom is -0.306 e. The molecule has 1 aromatic carbocycles. The largest absolute Gasteiger partial charge is 0.324 e. The number of benzene rings is 1. The van der Waals surface area contributed by atoms with Gasteiger partial charge in [-0.25, -0.2) is 4.79 Å². The van der Waals surface area contributed by atoms with E-state index in [4.69, 9.17) is 23.2 Å². The highest BCUT2D eigenvalue weighted by Gasteiger charge is 2.24. The number of fused-ring (bicyclic) bond motifs is 1. The second kappa shape index (κ2) is 8.35. The van der Waals surface area contributed by atoms with Crippen LogP contribution < -0.4 is 10.6 Å². The molecule has 2 amide bonds. The maximum Gasteiger partial charge on any atom is 0.324 e. The van der Waals surface area contributed by atoms with Crippen LogP contribution >= 0.6 is 34.5 Å². The van der Waals surface area contributed by atoms with E-state index in [1.54, 1.807) is 18.2 Å². The quantitative estimate of drug-likeness (QED) is 0.650. The topological polar surface area (TPSA) is 73.8 Å². The predicted octanol–water partition coefficient (Wildman–Crippen LogP) is 5.34. The van der Waals surface area contributed by atoms with Gasteiger partial charge in [-0.3, -0.25) is 10.2 Å². The number of hydrogen-bond donors (Lipinski definition) is 2. The molecule has 0 aliphatic carbocycles. The van der Waals surface area contributed by atoms with Crippen molar-refractivity contribution in [1.82, 2.24) is 4.90 Å². The van der Waals surface area contributed by atoms with E-state index in [0.29, 0.717) is 20.7 Å². The van der Waals surface area contributed by atoms with E-state index in [2.05, 4.69) is 27.6 Å². The summed E-state index contributed by atoms with van der Waals surface area (Å²) in [6, 6.07) is 4.42. The molecule has 2 N–H and O–H groups in total. The number of nitrogens with zero attached hydrogens (tertiary/aromatic N) is 2. The Kier molecular flexibility index (Phi) is 6.13. The number of anilines is 2. The van der Waals surface area contributed by atoms with Gasteiger partial charge >= 0.3 is 6.03 Å². The number of amides is 2. The van der Waals surface area contributed by atoms with Crippen molar-refractivity contribution in [2.75, 3.05) is 23.7 Å². The van der Waals surface area contributed by atoms with Crippen molar-refractivity contribution in [2.45, 2.75) is 26.4 Å². The molecule has 0 saturated carbocycles. The van der Waals surface area contributed by atoms with Crippen LogP contribution in [0.5, 0.6) is 0 Å². The van der Waals surface area contributed by atoms with Gasteiger partial charge in [0.1, 0.15) is 11.5 Å². The fourth-order valence-electron chi connectivity index (χ4n) is 2.97. The molecule has 6 nitrogen and oxygen atoms in total. The Morgan fingerprint density at radius 1 is 1.35 bits per heavy atom. The normalized spacial score (nSPS) is 14.0. The molecule has 9 heteroatoms. The van der Waals surface area contributed by atoms with E-state index < -0.39 is 6.03 Å². The molecule has 1 aliphatic heterocycles. The summed E-state index contributed by atoms with van der Waals surface area (Å²) in [6.07, 6.45) is 0.858. The molecule has 0 fully saturated rings. The number of urea groups is 1. The molecule has 3 rings (SSSR count). The Hall–Kier alpha value is -1.67. The molecular weight excluding hydrogens is 395 g/mol. The van der Waals surface area contributed by atoms with Crippen molar-refractivity contribution in [1.29, 1.82) is 0 Å². The highest BCUT2D eigenvalue weighted by atomic mass is 35.5. The van der Waals surface area contributed by atoms with Crippen LogP contribution in [0.3, 0.4) is 0 Å². The summed E-state index contributed by atoms with van der Waals surface area (Å²) >= 11 is 13.5. The van der Waals surface area contributed by atoms with Gasteiger partial charge in [0.25, 0.3) is 0 Å². The average Bonchev–Trinajstić information content (AvgIpc) is 2.94. The van der Waals surface area contributed by atoms with Crippen LogP contribution in [-0.2, 0) is 19.5 Å². The van der Waals surface area contributed by atoms with Crippen LogP contribution in [0.4, 0.5) is 15.5 Å². The summed E-state index contributed by atoms with van der Waals surface area (Å²) in [6.45, 7) is 4.91. The third-order valence-corrected chi connectivity index (χ3v) is 6.04. The molecule has 0 saturated heterocycles. The first kappa shape index (κ1) is 19.1. The molecule has 2 heterocycles. The number of carbonyl (C=O) groups is 1. The summed E-state index contributed by atoms with van der Waals surface area (Å²) in [7, 11) is 0. The van der Waals surface area contributed by atoms with Gasteiger partial charge in [0.15, 0.2) is 0 Å². The molecule has 0 radical (unpaired) electrons. The molecule has 1 aliphatic rings. The van der Waals surface area contributed by atoms with E-state index >= 15 is 0 Å². The third kappa shape index (κ3) is 4.17. The number of thiophene rings is 1. The third-order valence-electron chi connectivity index (χ3n) is 4.32. The predicted molar refractivity (Wildman–Crippen MR) is 108 cm³/mol. The minimum absolute atomic E-state index is 0.0509. The van der Waals surface area contributed by atoms with Crippen LogP contribution in [0.25, 0.3) is 0 Å². The molecule has 26 heavy (non-hydrogen) atoms. The van der Waals surface area contributed by atoms with E-state index in [1.807, 2.05) is 0 Å². The molecule has 0 atom stereocenters. The lowest BCUT2D eigenvalue weighted by molar-refractivity contribution is 0.262. The van der Waals surface area contributed by atoms with Gasteiger partial charge < -0.3 is 5.32 Å². The van der Waals surface area contributed by atoms with Crippen molar-refractivity contribution in [2.24, 2.45) is 5.18 Å². The Labute approximate surface area is 165 Å². The van der Waals surface area contributed by atoms with Crippen molar-refractivity contribution < 1.29 is 4.79 Å². The van der Waals surface area contributed by atoms with Crippen LogP contribution in [0.15, 0.2) is 23.4 Å². The summed E-state index contributed by atoms with van der Waals surface area (Å²) in [5.41, 5.74) is 2.41. The van der Waals surface area contributed by atoms with Crippen molar-refractivity contribution in [3.05, 3.63) is 49.2 Å². The highest BCUT2D eigenvalue weighted by Crippen LogP contribution is 2.37.